The van der Waals surface area contributed by atoms with Crippen LogP contribution < -0.4 is 17.0 Å². The van der Waals surface area contributed by atoms with Gasteiger partial charge in [0.15, 0.2) is 0 Å². The number of halogens is 1. The fraction of sp³-hybridized carbons (Fsp3) is 0.375. The minimum atomic E-state index is 0. The molecule has 3 aromatic carbocycles. The highest BCUT2D eigenvalue weighted by Crippen LogP contribution is 2.33. The maximum atomic E-state index is 5.29. The third-order valence-corrected chi connectivity index (χ3v) is 6.84. The Hall–Kier alpha value is -2.91. The minimum Gasteiger partial charge on any atom is -1.00 e. The van der Waals surface area contributed by atoms with Crippen LogP contribution in [-0.4, -0.2) is 9.78 Å². The molecule has 0 radical (unpaired) electrons. The molecule has 4 heteroatoms. The molecule has 190 valence electrons. The lowest BCUT2D eigenvalue weighted by Gasteiger charge is -2.18. The fourth-order valence-corrected chi connectivity index (χ4v) is 4.96. The molecule has 0 saturated heterocycles. The SMILES string of the molecule is CC(C)c1cccc(C(C)C)c1-n1c[n+](-c2c(C(C)C)cccc2C(C)C)c(-c2ccccc2)n1.[Cl-]. The van der Waals surface area contributed by atoms with Gasteiger partial charge in [0.05, 0.1) is 10.7 Å². The van der Waals surface area contributed by atoms with E-state index in [9.17, 15) is 0 Å². The van der Waals surface area contributed by atoms with Crippen molar-refractivity contribution in [2.75, 3.05) is 0 Å². The van der Waals surface area contributed by atoms with E-state index in [1.165, 1.54) is 33.6 Å². The average molecular weight is 502 g/mol. The van der Waals surface area contributed by atoms with Crippen LogP contribution in [0.2, 0.25) is 0 Å². The average Bonchev–Trinajstić information content (AvgIpc) is 3.28. The molecule has 0 aliphatic heterocycles. The van der Waals surface area contributed by atoms with Crippen molar-refractivity contribution in [1.29, 1.82) is 0 Å². The van der Waals surface area contributed by atoms with Gasteiger partial charge in [-0.25, -0.2) is 0 Å². The summed E-state index contributed by atoms with van der Waals surface area (Å²) < 4.78 is 4.47. The molecule has 0 aliphatic carbocycles. The number of para-hydroxylation sites is 2. The summed E-state index contributed by atoms with van der Waals surface area (Å²) in [6.45, 7) is 18.2. The number of benzene rings is 3. The summed E-state index contributed by atoms with van der Waals surface area (Å²) in [4.78, 5) is 0. The molecule has 4 aromatic rings. The van der Waals surface area contributed by atoms with E-state index < -0.39 is 0 Å². The smallest absolute Gasteiger partial charge is 0.314 e. The van der Waals surface area contributed by atoms with Crippen LogP contribution in [0, 0.1) is 0 Å². The molecule has 4 rings (SSSR count). The van der Waals surface area contributed by atoms with E-state index in [-0.39, 0.29) is 12.4 Å². The summed E-state index contributed by atoms with van der Waals surface area (Å²) in [5, 5.41) is 5.29. The van der Waals surface area contributed by atoms with Crippen molar-refractivity contribution in [3.05, 3.63) is 95.3 Å². The molecule has 3 nitrogen and oxygen atoms in total. The first-order chi connectivity index (χ1) is 16.7. The van der Waals surface area contributed by atoms with Crippen molar-refractivity contribution >= 4 is 0 Å². The predicted molar refractivity (Wildman–Crippen MR) is 147 cm³/mol. The van der Waals surface area contributed by atoms with E-state index in [1.807, 2.05) is 0 Å². The third kappa shape index (κ3) is 5.27. The van der Waals surface area contributed by atoms with Crippen molar-refractivity contribution in [3.8, 4) is 22.8 Å². The largest absolute Gasteiger partial charge is 1.00 e. The topological polar surface area (TPSA) is 21.7 Å². The van der Waals surface area contributed by atoms with Crippen molar-refractivity contribution in [1.82, 2.24) is 9.78 Å². The van der Waals surface area contributed by atoms with Gasteiger partial charge < -0.3 is 12.4 Å². The van der Waals surface area contributed by atoms with Gasteiger partial charge in [0.2, 0.25) is 6.33 Å². The summed E-state index contributed by atoms with van der Waals surface area (Å²) in [6, 6.07) is 24.0. The van der Waals surface area contributed by atoms with Crippen LogP contribution in [0.1, 0.15) is 101 Å². The number of rotatable bonds is 7. The zero-order valence-corrected chi connectivity index (χ0v) is 23.7. The molecule has 0 spiro atoms. The van der Waals surface area contributed by atoms with Gasteiger partial charge >= 0.3 is 5.82 Å². The second kappa shape index (κ2) is 11.4. The molecule has 0 N–H and O–H groups in total. The van der Waals surface area contributed by atoms with E-state index in [0.717, 1.165) is 11.4 Å². The Morgan fingerprint density at radius 2 is 1.03 bits per heavy atom. The van der Waals surface area contributed by atoms with E-state index in [0.29, 0.717) is 23.7 Å². The Bertz CT molecular complexity index is 1250. The van der Waals surface area contributed by atoms with Crippen LogP contribution in [0.15, 0.2) is 73.1 Å². The summed E-state index contributed by atoms with van der Waals surface area (Å²) in [5.41, 5.74) is 8.93. The number of hydrogen-bond donors (Lipinski definition) is 0. The zero-order chi connectivity index (χ0) is 25.3. The van der Waals surface area contributed by atoms with Crippen LogP contribution in [0.4, 0.5) is 0 Å². The van der Waals surface area contributed by atoms with Gasteiger partial charge in [0.25, 0.3) is 0 Å². The first kappa shape index (κ1) is 27.7. The molecule has 0 saturated carbocycles. The van der Waals surface area contributed by atoms with Crippen LogP contribution in [0.5, 0.6) is 0 Å². The first-order valence-electron chi connectivity index (χ1n) is 13.0. The van der Waals surface area contributed by atoms with Gasteiger partial charge in [-0.2, -0.15) is 4.57 Å². The zero-order valence-electron chi connectivity index (χ0n) is 23.0. The minimum absolute atomic E-state index is 0. The van der Waals surface area contributed by atoms with Crippen molar-refractivity contribution in [3.63, 3.8) is 0 Å². The van der Waals surface area contributed by atoms with E-state index in [1.54, 1.807) is 0 Å². The number of aromatic nitrogens is 3. The molecule has 1 heterocycles. The Morgan fingerprint density at radius 3 is 1.47 bits per heavy atom. The number of nitrogens with zero attached hydrogens (tertiary/aromatic N) is 3. The van der Waals surface area contributed by atoms with Crippen LogP contribution in [0.3, 0.4) is 0 Å². The van der Waals surface area contributed by atoms with Gasteiger partial charge in [-0.05, 0) is 58.1 Å². The molecular weight excluding hydrogens is 462 g/mol. The van der Waals surface area contributed by atoms with Gasteiger partial charge in [-0.3, -0.25) is 0 Å². The van der Waals surface area contributed by atoms with Crippen LogP contribution >= 0.6 is 0 Å². The molecule has 0 bridgehead atoms. The number of hydrogen-bond acceptors (Lipinski definition) is 1. The lowest BCUT2D eigenvalue weighted by molar-refractivity contribution is -0.585. The second-order valence-corrected chi connectivity index (χ2v) is 10.8. The van der Waals surface area contributed by atoms with Gasteiger partial charge in [0.1, 0.15) is 11.4 Å². The Kier molecular flexibility index (Phi) is 8.79. The molecule has 0 atom stereocenters. The van der Waals surface area contributed by atoms with Crippen molar-refractivity contribution < 1.29 is 17.0 Å². The summed E-state index contributed by atoms with van der Waals surface area (Å²) in [5.74, 6) is 2.56. The fourth-order valence-electron chi connectivity index (χ4n) is 4.96. The summed E-state index contributed by atoms with van der Waals surface area (Å²) in [7, 11) is 0. The lowest BCUT2D eigenvalue weighted by atomic mass is 9.92. The van der Waals surface area contributed by atoms with Crippen LogP contribution in [-0.2, 0) is 0 Å². The maximum absolute atomic E-state index is 5.29. The second-order valence-electron chi connectivity index (χ2n) is 10.8. The normalized spacial score (nSPS) is 11.6. The van der Waals surface area contributed by atoms with Crippen LogP contribution in [0.25, 0.3) is 22.8 Å². The molecule has 0 amide bonds. The van der Waals surface area contributed by atoms with E-state index >= 15 is 0 Å². The van der Waals surface area contributed by atoms with Crippen molar-refractivity contribution in [2.45, 2.75) is 79.1 Å². The molecule has 0 unspecified atom stereocenters. The van der Waals surface area contributed by atoms with Crippen molar-refractivity contribution in [2.24, 2.45) is 0 Å². The predicted octanol–water partition coefficient (Wildman–Crippen LogP) is 5.31. The Morgan fingerprint density at radius 1 is 0.583 bits per heavy atom. The molecule has 0 aliphatic rings. The summed E-state index contributed by atoms with van der Waals surface area (Å²) in [6.07, 6.45) is 2.21. The maximum Gasteiger partial charge on any atom is 0.314 e. The monoisotopic (exact) mass is 501 g/mol. The molecular formula is C32H40ClN3. The highest BCUT2D eigenvalue weighted by molar-refractivity contribution is 5.56. The quantitative estimate of drug-likeness (QED) is 0.314. The third-order valence-electron chi connectivity index (χ3n) is 6.84. The molecule has 0 fully saturated rings. The standard InChI is InChI=1S/C32H40N3.ClH/c1-21(2)26-16-12-17-27(22(3)4)30(26)34-20-35(33-32(34)25-14-10-9-11-15-25)31-28(23(5)6)18-13-19-29(31)24(7)8;/h9-24H,1-8H3;1H/q+1;/p-1. The van der Waals surface area contributed by atoms with E-state index in [2.05, 4.69) is 138 Å². The van der Waals surface area contributed by atoms with Gasteiger partial charge in [-0.15, -0.1) is 0 Å². The first-order valence-corrected chi connectivity index (χ1v) is 13.0. The lowest BCUT2D eigenvalue weighted by Crippen LogP contribution is -3.00. The highest BCUT2D eigenvalue weighted by Gasteiger charge is 2.29. The highest BCUT2D eigenvalue weighted by atomic mass is 35.5. The molecule has 36 heavy (non-hydrogen) atoms. The molecule has 1 aromatic heterocycles. The van der Waals surface area contributed by atoms with Gasteiger partial charge in [0, 0.05) is 0 Å². The Labute approximate surface area is 223 Å². The van der Waals surface area contributed by atoms with E-state index in [4.69, 9.17) is 5.10 Å². The Balaban J connectivity index is 0.00000361. The van der Waals surface area contributed by atoms with Gasteiger partial charge in [-0.1, -0.05) is 115 Å². The summed E-state index contributed by atoms with van der Waals surface area (Å²) >= 11 is 0.